The van der Waals surface area contributed by atoms with E-state index in [4.69, 9.17) is 4.74 Å². The van der Waals surface area contributed by atoms with E-state index in [9.17, 15) is 9.59 Å². The number of hydrogen-bond donors (Lipinski definition) is 1. The highest BCUT2D eigenvalue weighted by Gasteiger charge is 2.21. The van der Waals surface area contributed by atoms with Crippen molar-refractivity contribution in [3.8, 4) is 0 Å². The van der Waals surface area contributed by atoms with Gasteiger partial charge < -0.3 is 10.1 Å². The van der Waals surface area contributed by atoms with Gasteiger partial charge in [0, 0.05) is 17.3 Å². The summed E-state index contributed by atoms with van der Waals surface area (Å²) in [6, 6.07) is 16.7. The summed E-state index contributed by atoms with van der Waals surface area (Å²) in [7, 11) is 1.33. The number of aryl methyl sites for hydroxylation is 1. The van der Waals surface area contributed by atoms with Crippen molar-refractivity contribution < 1.29 is 14.3 Å². The van der Waals surface area contributed by atoms with Crippen LogP contribution in [0.4, 0.5) is 0 Å². The van der Waals surface area contributed by atoms with E-state index < -0.39 is 12.0 Å². The minimum absolute atomic E-state index is 0.163. The summed E-state index contributed by atoms with van der Waals surface area (Å²) in [5.41, 5.74) is 2.04. The number of hydrogen-bond acceptors (Lipinski definition) is 3. The molecule has 24 heavy (non-hydrogen) atoms. The van der Waals surface area contributed by atoms with E-state index in [-0.39, 0.29) is 5.91 Å². The maximum absolute atomic E-state index is 12.2. The molecule has 126 valence electrons. The molecule has 0 saturated heterocycles. The first-order chi connectivity index (χ1) is 11.6. The van der Waals surface area contributed by atoms with E-state index in [0.29, 0.717) is 19.3 Å². The van der Waals surface area contributed by atoms with Crippen LogP contribution in [0.15, 0.2) is 59.1 Å². The quantitative estimate of drug-likeness (QED) is 0.739. The zero-order chi connectivity index (χ0) is 17.4. The Morgan fingerprint density at radius 2 is 1.79 bits per heavy atom. The molecular weight excluding hydrogens is 370 g/mol. The van der Waals surface area contributed by atoms with Gasteiger partial charge in [-0.3, -0.25) is 4.79 Å². The van der Waals surface area contributed by atoms with Gasteiger partial charge in [0.1, 0.15) is 6.04 Å². The Labute approximate surface area is 150 Å². The summed E-state index contributed by atoms with van der Waals surface area (Å²) in [6.07, 6.45) is 1.36. The molecule has 0 unspecified atom stereocenters. The second-order valence-corrected chi connectivity index (χ2v) is 6.38. The normalized spacial score (nSPS) is 11.6. The van der Waals surface area contributed by atoms with Crippen LogP contribution in [0.25, 0.3) is 0 Å². The summed E-state index contributed by atoms with van der Waals surface area (Å²) < 4.78 is 5.74. The van der Waals surface area contributed by atoms with Crippen LogP contribution >= 0.6 is 15.9 Å². The van der Waals surface area contributed by atoms with Crippen molar-refractivity contribution in [3.05, 3.63) is 70.2 Å². The first-order valence-electron chi connectivity index (χ1n) is 7.74. The number of carbonyl (C=O) groups excluding carboxylic acids is 2. The Bertz CT molecular complexity index is 688. The van der Waals surface area contributed by atoms with E-state index in [0.717, 1.165) is 15.6 Å². The van der Waals surface area contributed by atoms with Crippen molar-refractivity contribution in [1.82, 2.24) is 5.32 Å². The number of methoxy groups -OCH3 is 1. The van der Waals surface area contributed by atoms with Crippen LogP contribution in [0, 0.1) is 0 Å². The average molecular weight is 390 g/mol. The molecule has 4 nitrogen and oxygen atoms in total. The molecule has 0 saturated carbocycles. The molecule has 0 fully saturated rings. The molecule has 2 aromatic rings. The van der Waals surface area contributed by atoms with Crippen LogP contribution < -0.4 is 5.32 Å². The minimum atomic E-state index is -0.687. The van der Waals surface area contributed by atoms with E-state index in [1.54, 1.807) is 0 Å². The number of esters is 1. The molecule has 1 amide bonds. The lowest BCUT2D eigenvalue weighted by molar-refractivity contribution is -0.145. The van der Waals surface area contributed by atoms with Gasteiger partial charge in [-0.15, -0.1) is 0 Å². The van der Waals surface area contributed by atoms with Crippen molar-refractivity contribution in [2.75, 3.05) is 7.11 Å². The molecule has 0 aliphatic heterocycles. The average Bonchev–Trinajstić information content (AvgIpc) is 2.59. The smallest absolute Gasteiger partial charge is 0.328 e. The summed E-state index contributed by atoms with van der Waals surface area (Å²) >= 11 is 3.40. The van der Waals surface area contributed by atoms with Gasteiger partial charge >= 0.3 is 5.97 Å². The van der Waals surface area contributed by atoms with Gasteiger partial charge in [-0.25, -0.2) is 4.79 Å². The number of amides is 1. The second kappa shape index (κ2) is 9.23. The van der Waals surface area contributed by atoms with Crippen LogP contribution in [0.1, 0.15) is 17.5 Å². The Hall–Kier alpha value is -2.14. The fourth-order valence-electron chi connectivity index (χ4n) is 2.40. The molecule has 0 heterocycles. The fraction of sp³-hybridized carbons (Fsp3) is 0.263. The van der Waals surface area contributed by atoms with Crippen LogP contribution in [-0.2, 0) is 27.2 Å². The Morgan fingerprint density at radius 3 is 2.46 bits per heavy atom. The van der Waals surface area contributed by atoms with Crippen LogP contribution in [0.2, 0.25) is 0 Å². The lowest BCUT2D eigenvalue weighted by atomic mass is 10.1. The largest absolute Gasteiger partial charge is 0.467 e. The van der Waals surface area contributed by atoms with Crippen LogP contribution in [-0.4, -0.2) is 25.0 Å². The molecule has 0 radical (unpaired) electrons. The van der Waals surface area contributed by atoms with Gasteiger partial charge in [0.25, 0.3) is 0 Å². The van der Waals surface area contributed by atoms with Crippen molar-refractivity contribution in [1.29, 1.82) is 0 Å². The molecule has 2 rings (SSSR count). The standard InChI is InChI=1S/C19H20BrNO3/c1-24-19(23)17(13-15-8-5-9-16(20)12-15)21-18(22)11-10-14-6-3-2-4-7-14/h2-9,12,17H,10-11,13H2,1H3,(H,21,22)/t17-/m1/s1. The molecule has 0 bridgehead atoms. The summed E-state index contributed by atoms with van der Waals surface area (Å²) in [5, 5.41) is 2.78. The second-order valence-electron chi connectivity index (χ2n) is 5.46. The monoisotopic (exact) mass is 389 g/mol. The van der Waals surface area contributed by atoms with Gasteiger partial charge in [0.15, 0.2) is 0 Å². The first kappa shape index (κ1) is 18.2. The molecule has 0 aliphatic carbocycles. The summed E-state index contributed by atoms with van der Waals surface area (Å²) in [5.74, 6) is -0.604. The third-order valence-corrected chi connectivity index (χ3v) is 4.13. The molecule has 5 heteroatoms. The molecule has 0 aliphatic rings. The van der Waals surface area contributed by atoms with Gasteiger partial charge in [0.2, 0.25) is 5.91 Å². The molecule has 1 N–H and O–H groups in total. The van der Waals surface area contributed by atoms with Gasteiger partial charge in [-0.2, -0.15) is 0 Å². The highest BCUT2D eigenvalue weighted by Crippen LogP contribution is 2.14. The van der Waals surface area contributed by atoms with Gasteiger partial charge in [0.05, 0.1) is 7.11 Å². The number of carbonyl (C=O) groups is 2. The van der Waals surface area contributed by atoms with E-state index in [1.165, 1.54) is 7.11 Å². The predicted octanol–water partition coefficient (Wildman–Crippen LogP) is 3.28. The Balaban J connectivity index is 1.95. The lowest BCUT2D eigenvalue weighted by Crippen LogP contribution is -2.43. The highest BCUT2D eigenvalue weighted by atomic mass is 79.9. The fourth-order valence-corrected chi connectivity index (χ4v) is 2.85. The maximum atomic E-state index is 12.2. The molecular formula is C19H20BrNO3. The third-order valence-electron chi connectivity index (χ3n) is 3.63. The molecule has 0 aromatic heterocycles. The Kier molecular flexibility index (Phi) is 7.00. The van der Waals surface area contributed by atoms with E-state index >= 15 is 0 Å². The number of benzene rings is 2. The van der Waals surface area contributed by atoms with Gasteiger partial charge in [-0.05, 0) is 29.7 Å². The molecule has 1 atom stereocenters. The Morgan fingerprint density at radius 1 is 1.08 bits per heavy atom. The van der Waals surface area contributed by atoms with Crippen molar-refractivity contribution in [3.63, 3.8) is 0 Å². The van der Waals surface area contributed by atoms with Crippen molar-refractivity contribution in [2.24, 2.45) is 0 Å². The first-order valence-corrected chi connectivity index (χ1v) is 8.53. The van der Waals surface area contributed by atoms with Crippen molar-refractivity contribution in [2.45, 2.75) is 25.3 Å². The summed E-state index contributed by atoms with van der Waals surface area (Å²) in [4.78, 5) is 24.1. The zero-order valence-electron chi connectivity index (χ0n) is 13.5. The number of nitrogens with one attached hydrogen (secondary N) is 1. The van der Waals surface area contributed by atoms with Gasteiger partial charge in [-0.1, -0.05) is 58.4 Å². The lowest BCUT2D eigenvalue weighted by Gasteiger charge is -2.17. The van der Waals surface area contributed by atoms with Crippen molar-refractivity contribution >= 4 is 27.8 Å². The molecule has 2 aromatic carbocycles. The number of halogens is 1. The van der Waals surface area contributed by atoms with E-state index in [2.05, 4.69) is 21.2 Å². The topological polar surface area (TPSA) is 55.4 Å². The van der Waals surface area contributed by atoms with Crippen LogP contribution in [0.3, 0.4) is 0 Å². The third kappa shape index (κ3) is 5.81. The summed E-state index contributed by atoms with van der Waals surface area (Å²) in [6.45, 7) is 0. The minimum Gasteiger partial charge on any atom is -0.467 e. The highest BCUT2D eigenvalue weighted by molar-refractivity contribution is 9.10. The van der Waals surface area contributed by atoms with E-state index in [1.807, 2.05) is 54.6 Å². The number of ether oxygens (including phenoxy) is 1. The maximum Gasteiger partial charge on any atom is 0.328 e. The van der Waals surface area contributed by atoms with Crippen LogP contribution in [0.5, 0.6) is 0 Å². The number of rotatable bonds is 7. The SMILES string of the molecule is COC(=O)[C@@H](Cc1cccc(Br)c1)NC(=O)CCc1ccccc1. The molecule has 0 spiro atoms. The zero-order valence-corrected chi connectivity index (χ0v) is 15.1. The predicted molar refractivity (Wildman–Crippen MR) is 96.6 cm³/mol.